The molecule has 0 aliphatic carbocycles. The van der Waals surface area contributed by atoms with E-state index in [9.17, 15) is 9.59 Å². The molecule has 0 fully saturated rings. The van der Waals surface area contributed by atoms with Gasteiger partial charge in [0, 0.05) is 21.7 Å². The summed E-state index contributed by atoms with van der Waals surface area (Å²) in [5, 5.41) is 3.39. The van der Waals surface area contributed by atoms with Crippen molar-refractivity contribution < 1.29 is 14.4 Å². The number of azide groups is 1. The first-order valence-corrected chi connectivity index (χ1v) is 6.19. The molecular formula is C15H9N5O2. The predicted octanol–water partition coefficient (Wildman–Crippen LogP) is 3.36. The first-order valence-electron chi connectivity index (χ1n) is 6.19. The van der Waals surface area contributed by atoms with Gasteiger partial charge in [0.15, 0.2) is 0 Å². The van der Waals surface area contributed by atoms with E-state index in [0.29, 0.717) is 0 Å². The number of Topliss-reactive ketones (excluding diaryl/α,β-unsaturated/α-hetero) is 2. The van der Waals surface area contributed by atoms with Crippen molar-refractivity contribution in [2.75, 3.05) is 0 Å². The molecule has 0 saturated heterocycles. The van der Waals surface area contributed by atoms with Crippen LogP contribution in [-0.2, 0) is 0 Å². The van der Waals surface area contributed by atoms with Crippen LogP contribution in [0.3, 0.4) is 0 Å². The van der Waals surface area contributed by atoms with Gasteiger partial charge in [-0.2, -0.15) is 4.79 Å². The Morgan fingerprint density at radius 1 is 0.864 bits per heavy atom. The van der Waals surface area contributed by atoms with Crippen molar-refractivity contribution in [3.05, 3.63) is 81.7 Å². The van der Waals surface area contributed by atoms with E-state index < -0.39 is 17.3 Å². The average Bonchev–Trinajstić information content (AvgIpc) is 2.57. The van der Waals surface area contributed by atoms with Crippen LogP contribution in [0.2, 0.25) is 0 Å². The van der Waals surface area contributed by atoms with Crippen LogP contribution in [-0.4, -0.2) is 22.1 Å². The van der Waals surface area contributed by atoms with E-state index in [-0.39, 0.29) is 16.8 Å². The molecule has 0 spiro atoms. The van der Waals surface area contributed by atoms with Gasteiger partial charge in [0.2, 0.25) is 0 Å². The van der Waals surface area contributed by atoms with E-state index >= 15 is 0 Å². The highest BCUT2D eigenvalue weighted by Crippen LogP contribution is 2.20. The van der Waals surface area contributed by atoms with E-state index in [1.807, 2.05) is 0 Å². The summed E-state index contributed by atoms with van der Waals surface area (Å²) in [4.78, 5) is 30.1. The lowest BCUT2D eigenvalue weighted by atomic mass is 9.98. The molecular weight excluding hydrogens is 282 g/mol. The van der Waals surface area contributed by atoms with Crippen molar-refractivity contribution in [1.82, 2.24) is 0 Å². The maximum Gasteiger partial charge on any atom is 0.410 e. The zero-order valence-electron chi connectivity index (χ0n) is 11.2. The highest BCUT2D eigenvalue weighted by molar-refractivity contribution is 6.70. The molecule has 22 heavy (non-hydrogen) atoms. The van der Waals surface area contributed by atoms with Crippen LogP contribution >= 0.6 is 0 Å². The number of carbonyl (C=O) groups excluding carboxylic acids is 2. The van der Waals surface area contributed by atoms with Gasteiger partial charge in [-0.3, -0.25) is 9.59 Å². The topological polar surface area (TPSA) is 119 Å². The van der Waals surface area contributed by atoms with Gasteiger partial charge in [-0.15, -0.1) is 0 Å². The van der Waals surface area contributed by atoms with Crippen molar-refractivity contribution in [2.45, 2.75) is 0 Å². The van der Waals surface area contributed by atoms with Crippen LogP contribution in [0.4, 0.5) is 5.69 Å². The summed E-state index contributed by atoms with van der Waals surface area (Å²) in [6.07, 6.45) is 0. The summed E-state index contributed by atoms with van der Waals surface area (Å²) >= 11 is 0. The van der Waals surface area contributed by atoms with Gasteiger partial charge in [-0.05, 0) is 5.53 Å². The molecule has 0 N–H and O–H groups in total. The van der Waals surface area contributed by atoms with Crippen molar-refractivity contribution >= 4 is 23.0 Å². The molecule has 0 aliphatic heterocycles. The van der Waals surface area contributed by atoms with Gasteiger partial charge >= 0.3 is 5.71 Å². The summed E-state index contributed by atoms with van der Waals surface area (Å²) in [6, 6.07) is 13.9. The molecule has 7 nitrogen and oxygen atoms in total. The number of rotatable bonds is 5. The van der Waals surface area contributed by atoms with Crippen LogP contribution < -0.4 is 0 Å². The van der Waals surface area contributed by atoms with Crippen LogP contribution in [0.5, 0.6) is 0 Å². The monoisotopic (exact) mass is 291 g/mol. The second kappa shape index (κ2) is 6.76. The minimum atomic E-state index is -0.820. The van der Waals surface area contributed by atoms with E-state index in [0.717, 1.165) is 0 Å². The lowest BCUT2D eigenvalue weighted by molar-refractivity contribution is -0.00698. The second-order valence-corrected chi connectivity index (χ2v) is 4.18. The fourth-order valence-corrected chi connectivity index (χ4v) is 1.85. The average molecular weight is 291 g/mol. The Morgan fingerprint density at radius 2 is 1.50 bits per heavy atom. The lowest BCUT2D eigenvalue weighted by Crippen LogP contribution is -2.25. The molecule has 0 heterocycles. The number of hydrogen-bond donors (Lipinski definition) is 0. The van der Waals surface area contributed by atoms with E-state index in [1.165, 1.54) is 24.3 Å². The Morgan fingerprint density at radius 3 is 2.14 bits per heavy atom. The summed E-state index contributed by atoms with van der Waals surface area (Å²) in [5.74, 6) is -1.54. The second-order valence-electron chi connectivity index (χ2n) is 4.18. The normalized spacial score (nSPS) is 9.27. The smallest absolute Gasteiger partial charge is 0.360 e. The molecule has 0 amide bonds. The molecule has 106 valence electrons. The maximum atomic E-state index is 12.4. The third-order valence-corrected chi connectivity index (χ3v) is 2.87. The van der Waals surface area contributed by atoms with Gasteiger partial charge in [0.05, 0.1) is 0 Å². The third-order valence-electron chi connectivity index (χ3n) is 2.87. The highest BCUT2D eigenvalue weighted by Gasteiger charge is 2.32. The molecule has 0 bridgehead atoms. The first-order chi connectivity index (χ1) is 10.7. The van der Waals surface area contributed by atoms with Gasteiger partial charge < -0.3 is 5.53 Å². The molecule has 2 aromatic carbocycles. The van der Waals surface area contributed by atoms with Crippen molar-refractivity contribution in [1.29, 1.82) is 0 Å². The first kappa shape index (κ1) is 14.9. The van der Waals surface area contributed by atoms with Crippen LogP contribution in [0.1, 0.15) is 20.7 Å². The molecule has 2 aromatic rings. The molecule has 7 heteroatoms. The van der Waals surface area contributed by atoms with Crippen LogP contribution in [0.25, 0.3) is 16.0 Å². The lowest BCUT2D eigenvalue weighted by Gasteiger charge is -2.01. The Kier molecular flexibility index (Phi) is 4.57. The Labute approximate surface area is 125 Å². The van der Waals surface area contributed by atoms with Gasteiger partial charge in [0.25, 0.3) is 11.6 Å². The SMILES string of the molecule is [N-]=[N+]=Nc1ccccc1C(=O)C(=[N+]=[N-])C(=O)c1ccccc1. The zero-order chi connectivity index (χ0) is 15.9. The number of nitrogens with zero attached hydrogens (tertiary/aromatic N) is 5. The van der Waals surface area contributed by atoms with Crippen LogP contribution in [0.15, 0.2) is 59.7 Å². The largest absolute Gasteiger partial charge is 0.410 e. The van der Waals surface area contributed by atoms with Crippen molar-refractivity contribution in [2.24, 2.45) is 5.11 Å². The zero-order valence-corrected chi connectivity index (χ0v) is 11.2. The summed E-state index contributed by atoms with van der Waals surface area (Å²) < 4.78 is 0. The van der Waals surface area contributed by atoms with Gasteiger partial charge in [-0.25, -0.2) is 0 Å². The molecule has 0 unspecified atom stereocenters. The van der Waals surface area contributed by atoms with Gasteiger partial charge in [-0.1, -0.05) is 59.7 Å². The summed E-state index contributed by atoms with van der Waals surface area (Å²) in [5.41, 5.74) is 17.2. The number of carbonyl (C=O) groups is 2. The fourth-order valence-electron chi connectivity index (χ4n) is 1.85. The maximum absolute atomic E-state index is 12.4. The summed E-state index contributed by atoms with van der Waals surface area (Å²) in [6.45, 7) is 0. The molecule has 2 rings (SSSR count). The third kappa shape index (κ3) is 2.96. The van der Waals surface area contributed by atoms with E-state index in [4.69, 9.17) is 11.1 Å². The van der Waals surface area contributed by atoms with E-state index in [2.05, 4.69) is 14.8 Å². The quantitative estimate of drug-likeness (QED) is 0.209. The standard InChI is InChI=1S/C15H9N5O2/c16-18-13(14(21)10-6-2-1-3-7-10)15(22)11-8-4-5-9-12(11)19-20-17/h1-9H. The Bertz CT molecular complexity index is 832. The van der Waals surface area contributed by atoms with Gasteiger partial charge in [0.1, 0.15) is 0 Å². The molecule has 0 saturated carbocycles. The Hall–Kier alpha value is -3.53. The summed E-state index contributed by atoms with van der Waals surface area (Å²) in [7, 11) is 0. The molecule has 0 aliphatic rings. The van der Waals surface area contributed by atoms with Crippen LogP contribution in [0, 0.1) is 0 Å². The highest BCUT2D eigenvalue weighted by atomic mass is 16.2. The number of ketones is 2. The Balaban J connectivity index is 2.46. The van der Waals surface area contributed by atoms with Crippen molar-refractivity contribution in [3.63, 3.8) is 0 Å². The fraction of sp³-hybridized carbons (Fsp3) is 0. The van der Waals surface area contributed by atoms with E-state index in [1.54, 1.807) is 30.3 Å². The minimum Gasteiger partial charge on any atom is -0.360 e. The minimum absolute atomic E-state index is 0.0163. The van der Waals surface area contributed by atoms with Crippen molar-refractivity contribution in [3.8, 4) is 0 Å². The number of hydrogen-bond acceptors (Lipinski definition) is 3. The predicted molar refractivity (Wildman–Crippen MR) is 79.0 cm³/mol. The molecule has 0 aromatic heterocycles. The molecule has 0 atom stereocenters. The number of benzene rings is 2. The molecule has 0 radical (unpaired) electrons.